The monoisotopic (exact) mass is 306 g/mol. The predicted molar refractivity (Wildman–Crippen MR) is 86.9 cm³/mol. The van der Waals surface area contributed by atoms with Gasteiger partial charge in [-0.3, -0.25) is 4.79 Å². The van der Waals surface area contributed by atoms with E-state index >= 15 is 0 Å². The molecule has 0 bridgehead atoms. The van der Waals surface area contributed by atoms with Gasteiger partial charge in [0.25, 0.3) is 0 Å². The molecule has 0 amide bonds. The maximum atomic E-state index is 11.1. The summed E-state index contributed by atoms with van der Waals surface area (Å²) in [5, 5.41) is 3.96. The van der Waals surface area contributed by atoms with E-state index in [0.717, 1.165) is 5.75 Å². The molecule has 0 fully saturated rings. The Hall–Kier alpha value is 0.550. The number of allylic oxidation sites excluding steroid dienone is 1. The summed E-state index contributed by atoms with van der Waals surface area (Å²) >= 11 is 7.21. The summed E-state index contributed by atoms with van der Waals surface area (Å²) in [7, 11) is 0. The van der Waals surface area contributed by atoms with E-state index in [1.165, 1.54) is 41.5 Å². The van der Waals surface area contributed by atoms with Crippen molar-refractivity contribution in [1.82, 2.24) is 0 Å². The van der Waals surface area contributed by atoms with Gasteiger partial charge in [0, 0.05) is 16.1 Å². The van der Waals surface area contributed by atoms with Crippen molar-refractivity contribution >= 4 is 52.2 Å². The van der Waals surface area contributed by atoms with Crippen molar-refractivity contribution in [1.29, 1.82) is 0 Å². The number of thioether (sulfide) groups is 4. The highest BCUT2D eigenvalue weighted by Gasteiger charge is 2.08. The Morgan fingerprint density at radius 2 is 2.53 bits per heavy atom. The highest BCUT2D eigenvalue weighted by molar-refractivity contribution is 8.22. The molecule has 0 aromatic heterocycles. The van der Waals surface area contributed by atoms with E-state index in [0.29, 0.717) is 5.25 Å². The zero-order valence-electron chi connectivity index (χ0n) is 10.0. The van der Waals surface area contributed by atoms with Crippen molar-refractivity contribution in [3.63, 3.8) is 0 Å². The first-order valence-corrected chi connectivity index (χ1v) is 9.63. The lowest BCUT2D eigenvalue weighted by atomic mass is 10.3. The first kappa shape index (κ1) is 15.6. The van der Waals surface area contributed by atoms with E-state index in [4.69, 9.17) is 0 Å². The molecule has 0 radical (unpaired) electrons. The number of hydrogen-bond acceptors (Lipinski definition) is 5. The molecule has 0 aromatic rings. The Labute approximate surface area is 121 Å². The summed E-state index contributed by atoms with van der Waals surface area (Å²) < 4.78 is 0. The summed E-state index contributed by atoms with van der Waals surface area (Å²) in [4.78, 5) is 12.6. The molecule has 0 saturated carbocycles. The molecule has 5 heteroatoms. The van der Waals surface area contributed by atoms with Gasteiger partial charge in [0.15, 0.2) is 0 Å². The van der Waals surface area contributed by atoms with Crippen LogP contribution in [0.15, 0.2) is 23.0 Å². The minimum Gasteiger partial charge on any atom is -0.282 e. The molecule has 1 nitrogen and oxygen atoms in total. The molecule has 1 unspecified atom stereocenters. The molecule has 1 rings (SSSR count). The lowest BCUT2D eigenvalue weighted by Crippen LogP contribution is -2.04. The summed E-state index contributed by atoms with van der Waals surface area (Å²) in [5.74, 6) is 2.24. The summed E-state index contributed by atoms with van der Waals surface area (Å²) in [6, 6.07) is 0. The summed E-state index contributed by atoms with van der Waals surface area (Å²) in [6.45, 7) is 5.58. The van der Waals surface area contributed by atoms with Crippen molar-refractivity contribution < 1.29 is 4.79 Å². The molecule has 1 atom stereocenters. The Balaban J connectivity index is 1.96. The lowest BCUT2D eigenvalue weighted by molar-refractivity contribution is -0.107. The molecular weight excluding hydrogens is 288 g/mol. The van der Waals surface area contributed by atoms with Crippen LogP contribution in [0.1, 0.15) is 19.8 Å². The van der Waals surface area contributed by atoms with Crippen molar-refractivity contribution in [2.45, 2.75) is 25.0 Å². The van der Waals surface area contributed by atoms with E-state index in [1.54, 1.807) is 4.91 Å². The van der Waals surface area contributed by atoms with Crippen LogP contribution in [0.5, 0.6) is 0 Å². The predicted octanol–water partition coefficient (Wildman–Crippen LogP) is 4.61. The Kier molecular flexibility index (Phi) is 8.70. The largest absolute Gasteiger partial charge is 0.282 e. The fourth-order valence-corrected chi connectivity index (χ4v) is 5.40. The SMILES string of the molecule is C=CC(=O)SC(C)CSCCCC1=CSCS1. The normalized spacial score (nSPS) is 16.6. The van der Waals surface area contributed by atoms with Gasteiger partial charge in [0.2, 0.25) is 5.12 Å². The molecule has 0 N–H and O–H groups in total. The average Bonchev–Trinajstić information content (AvgIpc) is 2.81. The third-order valence-corrected chi connectivity index (χ3v) is 6.88. The second kappa shape index (κ2) is 9.48. The van der Waals surface area contributed by atoms with Crippen LogP contribution in [0.25, 0.3) is 0 Å². The van der Waals surface area contributed by atoms with Gasteiger partial charge in [0.1, 0.15) is 0 Å². The summed E-state index contributed by atoms with van der Waals surface area (Å²) in [6.07, 6.45) is 3.86. The van der Waals surface area contributed by atoms with Gasteiger partial charge >= 0.3 is 0 Å². The zero-order chi connectivity index (χ0) is 12.5. The molecule has 0 saturated heterocycles. The van der Waals surface area contributed by atoms with Crippen LogP contribution in [0, 0.1) is 0 Å². The average molecular weight is 307 g/mol. The molecule has 0 aliphatic carbocycles. The van der Waals surface area contributed by atoms with Crippen LogP contribution in [0.4, 0.5) is 0 Å². The second-order valence-electron chi connectivity index (χ2n) is 3.64. The zero-order valence-corrected chi connectivity index (χ0v) is 13.3. The Bertz CT molecular complexity index is 288. The standard InChI is InChI=1S/C12H18OS4/c1-3-12(13)17-10(2)7-14-6-4-5-11-8-15-9-16-11/h3,8,10H,1,4-7,9H2,2H3. The molecule has 1 aliphatic rings. The van der Waals surface area contributed by atoms with Crippen molar-refractivity contribution in [3.05, 3.63) is 23.0 Å². The molecule has 1 aliphatic heterocycles. The van der Waals surface area contributed by atoms with E-state index in [9.17, 15) is 4.79 Å². The van der Waals surface area contributed by atoms with Crippen LogP contribution >= 0.6 is 47.0 Å². The van der Waals surface area contributed by atoms with Gasteiger partial charge in [-0.25, -0.2) is 0 Å². The van der Waals surface area contributed by atoms with Crippen LogP contribution in [-0.2, 0) is 4.79 Å². The van der Waals surface area contributed by atoms with E-state index < -0.39 is 0 Å². The van der Waals surface area contributed by atoms with E-state index in [1.807, 2.05) is 35.3 Å². The van der Waals surface area contributed by atoms with Crippen molar-refractivity contribution in [3.8, 4) is 0 Å². The van der Waals surface area contributed by atoms with Gasteiger partial charge in [0.05, 0.1) is 0 Å². The van der Waals surface area contributed by atoms with E-state index in [-0.39, 0.29) is 5.12 Å². The summed E-state index contributed by atoms with van der Waals surface area (Å²) in [5.41, 5.74) is 0. The quantitative estimate of drug-likeness (QED) is 0.479. The van der Waals surface area contributed by atoms with E-state index in [2.05, 4.69) is 18.9 Å². The highest BCUT2D eigenvalue weighted by atomic mass is 32.2. The molecule has 17 heavy (non-hydrogen) atoms. The third-order valence-electron chi connectivity index (χ3n) is 2.08. The van der Waals surface area contributed by atoms with Gasteiger partial charge in [-0.1, -0.05) is 25.3 Å². The van der Waals surface area contributed by atoms with Crippen LogP contribution in [-0.4, -0.2) is 27.0 Å². The number of hydrogen-bond donors (Lipinski definition) is 0. The minimum absolute atomic E-state index is 0.0858. The Morgan fingerprint density at radius 3 is 3.18 bits per heavy atom. The van der Waals surface area contributed by atoms with Gasteiger partial charge in [-0.2, -0.15) is 11.8 Å². The number of carbonyl (C=O) groups excluding carboxylic acids is 1. The Morgan fingerprint density at radius 1 is 1.71 bits per heavy atom. The smallest absolute Gasteiger partial charge is 0.211 e. The fourth-order valence-electron chi connectivity index (χ4n) is 1.28. The maximum absolute atomic E-state index is 11.1. The first-order valence-electron chi connectivity index (χ1n) is 5.56. The number of rotatable bonds is 8. The van der Waals surface area contributed by atoms with Crippen LogP contribution in [0.3, 0.4) is 0 Å². The highest BCUT2D eigenvalue weighted by Crippen LogP contribution is 2.34. The minimum atomic E-state index is 0.0858. The third kappa shape index (κ3) is 7.54. The van der Waals surface area contributed by atoms with Crippen LogP contribution < -0.4 is 0 Å². The molecule has 0 aromatic carbocycles. The molecule has 0 spiro atoms. The lowest BCUT2D eigenvalue weighted by Gasteiger charge is -2.08. The second-order valence-corrected chi connectivity index (χ2v) is 8.56. The van der Waals surface area contributed by atoms with Gasteiger partial charge < -0.3 is 0 Å². The maximum Gasteiger partial charge on any atom is 0.211 e. The molecule has 1 heterocycles. The topological polar surface area (TPSA) is 17.1 Å². The van der Waals surface area contributed by atoms with Gasteiger partial charge in [-0.05, 0) is 35.0 Å². The molecular formula is C12H18OS4. The van der Waals surface area contributed by atoms with Gasteiger partial charge in [-0.15, -0.1) is 23.5 Å². The van der Waals surface area contributed by atoms with Crippen LogP contribution in [0.2, 0.25) is 0 Å². The molecule has 96 valence electrons. The van der Waals surface area contributed by atoms with Crippen molar-refractivity contribution in [2.75, 3.05) is 16.6 Å². The van der Waals surface area contributed by atoms with Crippen molar-refractivity contribution in [2.24, 2.45) is 0 Å². The number of carbonyl (C=O) groups is 1. The fraction of sp³-hybridized carbons (Fsp3) is 0.583. The first-order chi connectivity index (χ1) is 8.22.